The highest BCUT2D eigenvalue weighted by Gasteiger charge is 2.31. The SMILES string of the molecule is CCC(C(N)=O)N1CCCCC1CC(=O)O. The summed E-state index contributed by atoms with van der Waals surface area (Å²) < 4.78 is 0. The zero-order valence-corrected chi connectivity index (χ0v) is 9.69. The van der Waals surface area contributed by atoms with Gasteiger partial charge in [0.2, 0.25) is 5.91 Å². The van der Waals surface area contributed by atoms with Gasteiger partial charge in [-0.15, -0.1) is 0 Å². The summed E-state index contributed by atoms with van der Waals surface area (Å²) in [6, 6.07) is -0.353. The first-order chi connectivity index (χ1) is 7.56. The third-order valence-electron chi connectivity index (χ3n) is 3.20. The van der Waals surface area contributed by atoms with Gasteiger partial charge in [-0.05, 0) is 25.8 Å². The van der Waals surface area contributed by atoms with Gasteiger partial charge in [0.1, 0.15) is 0 Å². The molecular formula is C11H20N2O3. The number of primary amides is 1. The molecule has 92 valence electrons. The predicted molar refractivity (Wildman–Crippen MR) is 59.9 cm³/mol. The van der Waals surface area contributed by atoms with Crippen molar-refractivity contribution in [3.63, 3.8) is 0 Å². The van der Waals surface area contributed by atoms with Crippen LogP contribution >= 0.6 is 0 Å². The summed E-state index contributed by atoms with van der Waals surface area (Å²) in [5.74, 6) is -1.16. The normalized spacial score (nSPS) is 23.9. The van der Waals surface area contributed by atoms with Crippen LogP contribution < -0.4 is 5.73 Å². The van der Waals surface area contributed by atoms with E-state index in [0.717, 1.165) is 25.8 Å². The van der Waals surface area contributed by atoms with Crippen LogP contribution in [0.3, 0.4) is 0 Å². The van der Waals surface area contributed by atoms with Crippen molar-refractivity contribution < 1.29 is 14.7 Å². The Bertz CT molecular complexity index is 268. The number of aliphatic carboxylic acids is 1. The summed E-state index contributed by atoms with van der Waals surface area (Å²) in [5.41, 5.74) is 5.34. The van der Waals surface area contributed by atoms with E-state index < -0.39 is 5.97 Å². The van der Waals surface area contributed by atoms with Gasteiger partial charge in [-0.2, -0.15) is 0 Å². The van der Waals surface area contributed by atoms with Gasteiger partial charge in [0.05, 0.1) is 12.5 Å². The molecule has 1 fully saturated rings. The van der Waals surface area contributed by atoms with Gasteiger partial charge in [0.25, 0.3) is 0 Å². The molecule has 0 spiro atoms. The first-order valence-electron chi connectivity index (χ1n) is 5.83. The van der Waals surface area contributed by atoms with Crippen molar-refractivity contribution in [3.05, 3.63) is 0 Å². The topological polar surface area (TPSA) is 83.6 Å². The highest BCUT2D eigenvalue weighted by atomic mass is 16.4. The summed E-state index contributed by atoms with van der Waals surface area (Å²) in [5, 5.41) is 8.83. The predicted octanol–water partition coefficient (Wildman–Crippen LogP) is 0.579. The van der Waals surface area contributed by atoms with Crippen LogP contribution in [0.15, 0.2) is 0 Å². The number of likely N-dealkylation sites (tertiary alicyclic amines) is 1. The van der Waals surface area contributed by atoms with E-state index in [1.807, 2.05) is 11.8 Å². The molecule has 1 amide bonds. The second-order valence-corrected chi connectivity index (χ2v) is 4.31. The fourth-order valence-electron chi connectivity index (χ4n) is 2.45. The fourth-order valence-corrected chi connectivity index (χ4v) is 2.45. The minimum atomic E-state index is -0.809. The highest BCUT2D eigenvalue weighted by Crippen LogP contribution is 2.23. The van der Waals surface area contributed by atoms with Crippen LogP contribution in [0.4, 0.5) is 0 Å². The minimum absolute atomic E-state index is 0.0382. The standard InChI is InChI=1S/C11H20N2O3/c1-2-9(11(12)16)13-6-4-3-5-8(13)7-10(14)15/h8-9H,2-7H2,1H3,(H2,12,16)(H,14,15). The average molecular weight is 228 g/mol. The molecule has 0 aromatic heterocycles. The largest absolute Gasteiger partial charge is 0.481 e. The third kappa shape index (κ3) is 3.20. The van der Waals surface area contributed by atoms with Gasteiger partial charge in [0, 0.05) is 6.04 Å². The molecule has 2 atom stereocenters. The Kier molecular flexibility index (Phi) is 4.73. The first kappa shape index (κ1) is 13.0. The van der Waals surface area contributed by atoms with Gasteiger partial charge in [0.15, 0.2) is 0 Å². The maximum atomic E-state index is 11.3. The summed E-state index contributed by atoms with van der Waals surface area (Å²) >= 11 is 0. The van der Waals surface area contributed by atoms with Crippen molar-refractivity contribution in [1.82, 2.24) is 4.90 Å². The molecule has 0 aromatic rings. The summed E-state index contributed by atoms with van der Waals surface area (Å²) in [4.78, 5) is 24.0. The molecule has 16 heavy (non-hydrogen) atoms. The van der Waals surface area contributed by atoms with Gasteiger partial charge < -0.3 is 10.8 Å². The van der Waals surface area contributed by atoms with E-state index in [2.05, 4.69) is 0 Å². The number of carbonyl (C=O) groups is 2. The van der Waals surface area contributed by atoms with Crippen LogP contribution in [0.2, 0.25) is 0 Å². The maximum Gasteiger partial charge on any atom is 0.304 e. The molecule has 1 aliphatic heterocycles. The van der Waals surface area contributed by atoms with Crippen molar-refractivity contribution in [1.29, 1.82) is 0 Å². The fraction of sp³-hybridized carbons (Fsp3) is 0.818. The molecule has 2 unspecified atom stereocenters. The Morgan fingerprint density at radius 2 is 2.19 bits per heavy atom. The van der Waals surface area contributed by atoms with E-state index >= 15 is 0 Å². The maximum absolute atomic E-state index is 11.3. The van der Waals surface area contributed by atoms with E-state index in [1.54, 1.807) is 0 Å². The van der Waals surface area contributed by atoms with E-state index in [0.29, 0.717) is 6.42 Å². The van der Waals surface area contributed by atoms with E-state index in [4.69, 9.17) is 10.8 Å². The lowest BCUT2D eigenvalue weighted by molar-refractivity contribution is -0.140. The lowest BCUT2D eigenvalue weighted by Gasteiger charge is -2.39. The lowest BCUT2D eigenvalue weighted by Crippen LogP contribution is -2.52. The molecule has 0 radical (unpaired) electrons. The lowest BCUT2D eigenvalue weighted by atomic mass is 9.96. The molecule has 3 N–H and O–H groups in total. The Labute approximate surface area is 95.6 Å². The number of carboxylic acids is 1. The Hall–Kier alpha value is -1.10. The van der Waals surface area contributed by atoms with Crippen molar-refractivity contribution in [2.24, 2.45) is 5.73 Å². The number of piperidine rings is 1. The molecule has 0 bridgehead atoms. The molecule has 1 saturated heterocycles. The number of hydrogen-bond acceptors (Lipinski definition) is 3. The van der Waals surface area contributed by atoms with Crippen LogP contribution in [0.1, 0.15) is 39.0 Å². The minimum Gasteiger partial charge on any atom is -0.481 e. The number of amides is 1. The van der Waals surface area contributed by atoms with Crippen LogP contribution in [0.25, 0.3) is 0 Å². The second-order valence-electron chi connectivity index (χ2n) is 4.31. The smallest absolute Gasteiger partial charge is 0.304 e. The second kappa shape index (κ2) is 5.84. The van der Waals surface area contributed by atoms with E-state index in [-0.39, 0.29) is 24.4 Å². The quantitative estimate of drug-likeness (QED) is 0.721. The number of carboxylic acid groups (broad SMARTS) is 1. The number of carbonyl (C=O) groups excluding carboxylic acids is 1. The number of nitrogens with two attached hydrogens (primary N) is 1. The molecule has 0 saturated carbocycles. The van der Waals surface area contributed by atoms with Crippen molar-refractivity contribution >= 4 is 11.9 Å². The number of hydrogen-bond donors (Lipinski definition) is 2. The summed E-state index contributed by atoms with van der Waals surface area (Å²) in [7, 11) is 0. The van der Waals surface area contributed by atoms with E-state index in [1.165, 1.54) is 0 Å². The number of nitrogens with zero attached hydrogens (tertiary/aromatic N) is 1. The van der Waals surface area contributed by atoms with Crippen LogP contribution in [0, 0.1) is 0 Å². The van der Waals surface area contributed by atoms with Crippen LogP contribution in [0.5, 0.6) is 0 Å². The molecular weight excluding hydrogens is 208 g/mol. The van der Waals surface area contributed by atoms with Crippen LogP contribution in [-0.2, 0) is 9.59 Å². The van der Waals surface area contributed by atoms with Gasteiger partial charge in [-0.25, -0.2) is 0 Å². The molecule has 1 rings (SSSR count). The van der Waals surface area contributed by atoms with Crippen LogP contribution in [-0.4, -0.2) is 40.5 Å². The highest BCUT2D eigenvalue weighted by molar-refractivity contribution is 5.80. The van der Waals surface area contributed by atoms with Crippen molar-refractivity contribution in [2.75, 3.05) is 6.54 Å². The monoisotopic (exact) mass is 228 g/mol. The Morgan fingerprint density at radius 3 is 2.69 bits per heavy atom. The van der Waals surface area contributed by atoms with Gasteiger partial charge in [-0.1, -0.05) is 13.3 Å². The summed E-state index contributed by atoms with van der Waals surface area (Å²) in [6.45, 7) is 2.68. The molecule has 1 aliphatic rings. The Morgan fingerprint density at radius 1 is 1.50 bits per heavy atom. The van der Waals surface area contributed by atoms with E-state index in [9.17, 15) is 9.59 Å². The number of rotatable bonds is 5. The summed E-state index contributed by atoms with van der Waals surface area (Å²) in [6.07, 6.45) is 3.63. The average Bonchev–Trinajstić information content (AvgIpc) is 2.20. The third-order valence-corrected chi connectivity index (χ3v) is 3.20. The Balaban J connectivity index is 2.71. The zero-order valence-electron chi connectivity index (χ0n) is 9.69. The van der Waals surface area contributed by atoms with Gasteiger partial charge in [-0.3, -0.25) is 14.5 Å². The first-order valence-corrected chi connectivity index (χ1v) is 5.83. The van der Waals surface area contributed by atoms with Crippen molar-refractivity contribution in [3.8, 4) is 0 Å². The molecule has 0 aromatic carbocycles. The van der Waals surface area contributed by atoms with Gasteiger partial charge >= 0.3 is 5.97 Å². The molecule has 5 heteroatoms. The molecule has 1 heterocycles. The zero-order chi connectivity index (χ0) is 12.1. The molecule has 0 aliphatic carbocycles. The van der Waals surface area contributed by atoms with Crippen molar-refractivity contribution in [2.45, 2.75) is 51.1 Å². The molecule has 5 nitrogen and oxygen atoms in total.